The van der Waals surface area contributed by atoms with Crippen LogP contribution in [0.3, 0.4) is 0 Å². The molecule has 1 aromatic rings. The third-order valence-corrected chi connectivity index (χ3v) is 2.75. The van der Waals surface area contributed by atoms with Crippen LogP contribution >= 0.6 is 0 Å². The number of quaternary nitrogens is 1. The molecule has 0 amide bonds. The van der Waals surface area contributed by atoms with Crippen LogP contribution in [-0.4, -0.2) is 49.3 Å². The van der Waals surface area contributed by atoms with Crippen molar-refractivity contribution in [3.63, 3.8) is 0 Å². The van der Waals surface area contributed by atoms with E-state index in [0.29, 0.717) is 16.5 Å². The zero-order valence-electron chi connectivity index (χ0n) is 10.7. The van der Waals surface area contributed by atoms with Crippen LogP contribution < -0.4 is 14.0 Å². The molecule has 0 aliphatic rings. The second-order valence-corrected chi connectivity index (χ2v) is 4.24. The number of aromatic nitrogens is 3. The van der Waals surface area contributed by atoms with E-state index in [1.165, 1.54) is 14.2 Å². The monoisotopic (exact) mass is 227 g/mol. The lowest BCUT2D eigenvalue weighted by atomic mass is 10.3. The predicted octanol–water partition coefficient (Wildman–Crippen LogP) is 0.864. The van der Waals surface area contributed by atoms with Crippen LogP contribution in [-0.2, 0) is 0 Å². The van der Waals surface area contributed by atoms with Gasteiger partial charge in [-0.3, -0.25) is 4.48 Å². The minimum Gasteiger partial charge on any atom is -0.466 e. The Hall–Kier alpha value is -1.43. The van der Waals surface area contributed by atoms with Crippen molar-refractivity contribution >= 4 is 5.95 Å². The molecule has 0 unspecified atom stereocenters. The van der Waals surface area contributed by atoms with Gasteiger partial charge in [-0.05, 0) is 13.8 Å². The fraction of sp³-hybridized carbons (Fsp3) is 0.700. The highest BCUT2D eigenvalue weighted by Gasteiger charge is 2.28. The van der Waals surface area contributed by atoms with Crippen molar-refractivity contribution in [2.75, 3.05) is 28.3 Å². The molecule has 0 radical (unpaired) electrons. The van der Waals surface area contributed by atoms with E-state index in [1.54, 1.807) is 0 Å². The zero-order chi connectivity index (χ0) is 12.3. The van der Waals surface area contributed by atoms with Crippen molar-refractivity contribution in [3.8, 4) is 12.0 Å². The van der Waals surface area contributed by atoms with Crippen molar-refractivity contribution < 1.29 is 9.47 Å². The van der Waals surface area contributed by atoms with E-state index in [2.05, 4.69) is 28.8 Å². The minimum atomic E-state index is 0.272. The van der Waals surface area contributed by atoms with Gasteiger partial charge in [0, 0.05) is 0 Å². The highest BCUT2D eigenvalue weighted by molar-refractivity contribution is 5.27. The van der Waals surface area contributed by atoms with Gasteiger partial charge in [0.25, 0.3) is 0 Å². The SMILES string of the molecule is COc1nc(OC)nc([N+](C)(C)C(C)C)n1. The van der Waals surface area contributed by atoms with E-state index in [9.17, 15) is 0 Å². The van der Waals surface area contributed by atoms with Crippen molar-refractivity contribution in [1.82, 2.24) is 19.4 Å². The maximum absolute atomic E-state index is 5.02. The van der Waals surface area contributed by atoms with Gasteiger partial charge in [-0.15, -0.1) is 15.0 Å². The molecule has 90 valence electrons. The zero-order valence-corrected chi connectivity index (χ0v) is 10.7. The Kier molecular flexibility index (Phi) is 3.64. The summed E-state index contributed by atoms with van der Waals surface area (Å²) in [6.45, 7) is 4.20. The summed E-state index contributed by atoms with van der Waals surface area (Å²) in [5, 5.41) is 0. The Morgan fingerprint density at radius 3 is 1.69 bits per heavy atom. The largest absolute Gasteiger partial charge is 0.466 e. The number of hydrogen-bond donors (Lipinski definition) is 0. The minimum absolute atomic E-state index is 0.272. The van der Waals surface area contributed by atoms with Gasteiger partial charge in [0.1, 0.15) is 0 Å². The standard InChI is InChI=1S/C10H19N4O2/c1-7(2)14(3,4)8-11-9(15-5)13-10(12-8)16-6/h7H,1-6H3/q+1. The third-order valence-electron chi connectivity index (χ3n) is 2.75. The number of hydrogen-bond acceptors (Lipinski definition) is 5. The molecule has 0 fully saturated rings. The molecule has 0 saturated carbocycles. The molecular weight excluding hydrogens is 208 g/mol. The highest BCUT2D eigenvalue weighted by atomic mass is 16.5. The number of rotatable bonds is 4. The Morgan fingerprint density at radius 1 is 0.938 bits per heavy atom. The normalized spacial score (nSPS) is 11.7. The number of methoxy groups -OCH3 is 2. The van der Waals surface area contributed by atoms with Gasteiger partial charge in [0.15, 0.2) is 0 Å². The summed E-state index contributed by atoms with van der Waals surface area (Å²) in [7, 11) is 7.10. The molecule has 0 bridgehead atoms. The average molecular weight is 227 g/mol. The fourth-order valence-electron chi connectivity index (χ4n) is 0.999. The maximum Gasteiger partial charge on any atom is 0.338 e. The van der Waals surface area contributed by atoms with Gasteiger partial charge in [-0.25, -0.2) is 0 Å². The molecule has 0 aliphatic heterocycles. The van der Waals surface area contributed by atoms with Gasteiger partial charge in [0.2, 0.25) is 0 Å². The predicted molar refractivity (Wildman–Crippen MR) is 61.7 cm³/mol. The van der Waals surface area contributed by atoms with Gasteiger partial charge in [0.05, 0.1) is 34.4 Å². The molecule has 1 heterocycles. The van der Waals surface area contributed by atoms with Crippen LogP contribution in [0.5, 0.6) is 12.0 Å². The van der Waals surface area contributed by atoms with Crippen LogP contribution in [0.15, 0.2) is 0 Å². The van der Waals surface area contributed by atoms with Crippen LogP contribution in [0.1, 0.15) is 13.8 Å². The maximum atomic E-state index is 5.02. The second kappa shape index (κ2) is 4.61. The van der Waals surface area contributed by atoms with Gasteiger partial charge in [-0.1, -0.05) is 0 Å². The summed E-state index contributed by atoms with van der Waals surface area (Å²) in [5.41, 5.74) is 0. The first-order chi connectivity index (χ1) is 7.41. The first-order valence-electron chi connectivity index (χ1n) is 5.10. The molecule has 0 saturated heterocycles. The van der Waals surface area contributed by atoms with Crippen LogP contribution in [0, 0.1) is 0 Å². The van der Waals surface area contributed by atoms with E-state index < -0.39 is 0 Å². The molecule has 6 nitrogen and oxygen atoms in total. The van der Waals surface area contributed by atoms with Gasteiger partial charge < -0.3 is 9.47 Å². The Bertz CT molecular complexity index is 344. The summed E-state index contributed by atoms with van der Waals surface area (Å²) in [6.07, 6.45) is 0. The summed E-state index contributed by atoms with van der Waals surface area (Å²) < 4.78 is 10.6. The lowest BCUT2D eigenvalue weighted by Gasteiger charge is -2.30. The summed E-state index contributed by atoms with van der Waals surface area (Å²) in [5.74, 6) is 0.624. The summed E-state index contributed by atoms with van der Waals surface area (Å²) in [4.78, 5) is 12.4. The molecule has 0 atom stereocenters. The first kappa shape index (κ1) is 12.6. The van der Waals surface area contributed by atoms with Crippen LogP contribution in [0.25, 0.3) is 0 Å². The Balaban J connectivity index is 3.22. The first-order valence-corrected chi connectivity index (χ1v) is 5.10. The second-order valence-electron chi connectivity index (χ2n) is 4.24. The topological polar surface area (TPSA) is 57.1 Å². The van der Waals surface area contributed by atoms with E-state index in [-0.39, 0.29) is 12.0 Å². The Morgan fingerprint density at radius 2 is 1.38 bits per heavy atom. The van der Waals surface area contributed by atoms with Crippen molar-refractivity contribution in [3.05, 3.63) is 0 Å². The Labute approximate surface area is 95.8 Å². The molecule has 0 aliphatic carbocycles. The third kappa shape index (κ3) is 2.38. The quantitative estimate of drug-likeness (QED) is 0.714. The smallest absolute Gasteiger partial charge is 0.338 e. The lowest BCUT2D eigenvalue weighted by Crippen LogP contribution is -2.48. The van der Waals surface area contributed by atoms with E-state index in [0.717, 1.165) is 0 Å². The molecule has 0 aromatic carbocycles. The number of ether oxygens (including phenoxy) is 2. The van der Waals surface area contributed by atoms with E-state index in [4.69, 9.17) is 9.47 Å². The van der Waals surface area contributed by atoms with Crippen LogP contribution in [0.4, 0.5) is 5.95 Å². The van der Waals surface area contributed by atoms with Crippen molar-refractivity contribution in [1.29, 1.82) is 0 Å². The van der Waals surface area contributed by atoms with Gasteiger partial charge in [-0.2, -0.15) is 0 Å². The molecule has 6 heteroatoms. The lowest BCUT2D eigenvalue weighted by molar-refractivity contribution is 0.288. The molecule has 0 N–H and O–H groups in total. The average Bonchev–Trinajstić information content (AvgIpc) is 2.27. The van der Waals surface area contributed by atoms with Gasteiger partial charge >= 0.3 is 18.0 Å². The van der Waals surface area contributed by atoms with Crippen molar-refractivity contribution in [2.24, 2.45) is 0 Å². The van der Waals surface area contributed by atoms with Crippen LogP contribution in [0.2, 0.25) is 0 Å². The molecule has 1 aromatic heterocycles. The number of nitrogens with zero attached hydrogens (tertiary/aromatic N) is 4. The highest BCUT2D eigenvalue weighted by Crippen LogP contribution is 2.21. The molecule has 1 rings (SSSR count). The molecule has 0 spiro atoms. The summed E-state index contributed by atoms with van der Waals surface area (Å²) in [6, 6.07) is 0.888. The van der Waals surface area contributed by atoms with Crippen molar-refractivity contribution in [2.45, 2.75) is 19.9 Å². The van der Waals surface area contributed by atoms with E-state index >= 15 is 0 Å². The molecular formula is C10H19N4O2+. The fourth-order valence-corrected chi connectivity index (χ4v) is 0.999. The summed E-state index contributed by atoms with van der Waals surface area (Å²) >= 11 is 0. The molecule has 16 heavy (non-hydrogen) atoms. The van der Waals surface area contributed by atoms with E-state index in [1.807, 2.05) is 14.1 Å².